The van der Waals surface area contributed by atoms with Crippen LogP contribution in [0, 0.1) is 3.57 Å². The number of methoxy groups -OCH3 is 1. The molecule has 14 heavy (non-hydrogen) atoms. The van der Waals surface area contributed by atoms with Gasteiger partial charge in [0.15, 0.2) is 0 Å². The van der Waals surface area contributed by atoms with Crippen LogP contribution in [0.2, 0.25) is 0 Å². The first-order chi connectivity index (χ1) is 6.63. The van der Waals surface area contributed by atoms with Crippen molar-refractivity contribution in [1.82, 2.24) is 0 Å². The molecule has 0 aromatic heterocycles. The maximum atomic E-state index is 10.5. The zero-order valence-electron chi connectivity index (χ0n) is 7.79. The lowest BCUT2D eigenvalue weighted by atomic mass is 10.1. The summed E-state index contributed by atoms with van der Waals surface area (Å²) < 4.78 is 6.05. The van der Waals surface area contributed by atoms with Crippen molar-refractivity contribution in [1.29, 1.82) is 0 Å². The Kier molecular flexibility index (Phi) is 4.34. The lowest BCUT2D eigenvalue weighted by molar-refractivity contribution is -0.136. The van der Waals surface area contributed by atoms with Crippen LogP contribution >= 0.6 is 22.6 Å². The third-order valence-corrected chi connectivity index (χ3v) is 2.78. The Labute approximate surface area is 96.2 Å². The van der Waals surface area contributed by atoms with Gasteiger partial charge in [-0.25, -0.2) is 0 Å². The van der Waals surface area contributed by atoms with E-state index in [2.05, 4.69) is 22.6 Å². The quantitative estimate of drug-likeness (QED) is 0.866. The molecule has 0 saturated carbocycles. The molecule has 1 aromatic carbocycles. The molecular formula is C10H11IO3. The predicted molar refractivity (Wildman–Crippen MR) is 61.2 cm³/mol. The van der Waals surface area contributed by atoms with Crippen LogP contribution in [-0.4, -0.2) is 18.2 Å². The monoisotopic (exact) mass is 306 g/mol. The molecule has 0 fully saturated rings. The second-order valence-corrected chi connectivity index (χ2v) is 4.09. The van der Waals surface area contributed by atoms with Crippen molar-refractivity contribution < 1.29 is 14.6 Å². The first kappa shape index (κ1) is 11.5. The van der Waals surface area contributed by atoms with Gasteiger partial charge in [-0.1, -0.05) is 12.1 Å². The molecule has 0 aliphatic heterocycles. The van der Waals surface area contributed by atoms with Gasteiger partial charge in [0.1, 0.15) is 0 Å². The number of carboxylic acid groups (broad SMARTS) is 1. The van der Waals surface area contributed by atoms with E-state index in [1.165, 1.54) is 0 Å². The lowest BCUT2D eigenvalue weighted by Gasteiger charge is -2.05. The molecule has 0 bridgehead atoms. The van der Waals surface area contributed by atoms with Crippen molar-refractivity contribution in [3.05, 3.63) is 32.9 Å². The molecule has 1 N–H and O–H groups in total. The molecule has 0 spiro atoms. The fraction of sp³-hybridized carbons (Fsp3) is 0.300. The van der Waals surface area contributed by atoms with Crippen molar-refractivity contribution in [3.8, 4) is 0 Å². The molecule has 4 heteroatoms. The van der Waals surface area contributed by atoms with E-state index < -0.39 is 5.97 Å². The molecule has 76 valence electrons. The first-order valence-electron chi connectivity index (χ1n) is 4.11. The summed E-state index contributed by atoms with van der Waals surface area (Å²) >= 11 is 2.18. The normalized spacial score (nSPS) is 10.1. The summed E-state index contributed by atoms with van der Waals surface area (Å²) in [5.74, 6) is -0.805. The topological polar surface area (TPSA) is 46.5 Å². The Morgan fingerprint density at radius 1 is 1.57 bits per heavy atom. The second-order valence-electron chi connectivity index (χ2n) is 2.93. The average Bonchev–Trinajstić information content (AvgIpc) is 2.09. The predicted octanol–water partition coefficient (Wildman–Crippen LogP) is 2.06. The van der Waals surface area contributed by atoms with E-state index in [-0.39, 0.29) is 6.42 Å². The minimum absolute atomic E-state index is 0.0727. The SMILES string of the molecule is COCc1ccc(CC(=O)O)cc1I. The largest absolute Gasteiger partial charge is 0.481 e. The Balaban J connectivity index is 2.83. The van der Waals surface area contributed by atoms with Gasteiger partial charge in [-0.15, -0.1) is 0 Å². The number of hydrogen-bond donors (Lipinski definition) is 1. The highest BCUT2D eigenvalue weighted by Gasteiger charge is 2.04. The number of ether oxygens (including phenoxy) is 1. The van der Waals surface area contributed by atoms with Gasteiger partial charge < -0.3 is 9.84 Å². The highest BCUT2D eigenvalue weighted by atomic mass is 127. The number of hydrogen-bond acceptors (Lipinski definition) is 2. The van der Waals surface area contributed by atoms with Crippen molar-refractivity contribution in [2.45, 2.75) is 13.0 Å². The Bertz CT molecular complexity index is 336. The van der Waals surface area contributed by atoms with Gasteiger partial charge in [0, 0.05) is 10.7 Å². The van der Waals surface area contributed by atoms with E-state index in [4.69, 9.17) is 9.84 Å². The molecule has 0 atom stereocenters. The average molecular weight is 306 g/mol. The van der Waals surface area contributed by atoms with Crippen molar-refractivity contribution in [2.24, 2.45) is 0 Å². The zero-order chi connectivity index (χ0) is 10.6. The highest BCUT2D eigenvalue weighted by Crippen LogP contribution is 2.15. The summed E-state index contributed by atoms with van der Waals surface area (Å²) in [6, 6.07) is 5.61. The molecule has 1 rings (SSSR count). The molecule has 1 aromatic rings. The summed E-state index contributed by atoms with van der Waals surface area (Å²) in [6.07, 6.45) is 0.0727. The van der Waals surface area contributed by atoms with E-state index in [9.17, 15) is 4.79 Å². The zero-order valence-corrected chi connectivity index (χ0v) is 9.95. The van der Waals surface area contributed by atoms with Crippen LogP contribution < -0.4 is 0 Å². The van der Waals surface area contributed by atoms with E-state index in [0.29, 0.717) is 6.61 Å². The maximum Gasteiger partial charge on any atom is 0.307 e. The van der Waals surface area contributed by atoms with Gasteiger partial charge in [-0.3, -0.25) is 4.79 Å². The molecule has 0 unspecified atom stereocenters. The summed E-state index contributed by atoms with van der Waals surface area (Å²) in [7, 11) is 1.64. The number of halogens is 1. The van der Waals surface area contributed by atoms with E-state index >= 15 is 0 Å². The van der Waals surface area contributed by atoms with Crippen molar-refractivity contribution >= 4 is 28.6 Å². The van der Waals surface area contributed by atoms with Gasteiger partial charge in [-0.05, 0) is 39.8 Å². The van der Waals surface area contributed by atoms with Gasteiger partial charge >= 0.3 is 5.97 Å². The van der Waals surface area contributed by atoms with Crippen molar-refractivity contribution in [2.75, 3.05) is 7.11 Å². The van der Waals surface area contributed by atoms with Crippen LogP contribution in [-0.2, 0) is 22.6 Å². The minimum atomic E-state index is -0.805. The van der Waals surface area contributed by atoms with Gasteiger partial charge in [0.05, 0.1) is 13.0 Å². The standard InChI is InChI=1S/C10H11IO3/c1-14-6-8-3-2-7(4-9(8)11)5-10(12)13/h2-4H,5-6H2,1H3,(H,12,13). The van der Waals surface area contributed by atoms with E-state index in [1.807, 2.05) is 18.2 Å². The van der Waals surface area contributed by atoms with Crippen LogP contribution in [0.15, 0.2) is 18.2 Å². The maximum absolute atomic E-state index is 10.5. The first-order valence-corrected chi connectivity index (χ1v) is 5.19. The number of aliphatic carboxylic acids is 1. The molecule has 0 radical (unpaired) electrons. The Morgan fingerprint density at radius 3 is 2.79 bits per heavy atom. The summed E-state index contributed by atoms with van der Waals surface area (Å²) in [4.78, 5) is 10.5. The van der Waals surface area contributed by atoms with E-state index in [0.717, 1.165) is 14.7 Å². The highest BCUT2D eigenvalue weighted by molar-refractivity contribution is 14.1. The summed E-state index contributed by atoms with van der Waals surface area (Å²) in [6.45, 7) is 0.561. The third-order valence-electron chi connectivity index (χ3n) is 1.77. The number of carboxylic acids is 1. The summed E-state index contributed by atoms with van der Waals surface area (Å²) in [5, 5.41) is 8.60. The molecule has 0 aliphatic rings. The number of benzene rings is 1. The number of rotatable bonds is 4. The van der Waals surface area contributed by atoms with Gasteiger partial charge in [0.25, 0.3) is 0 Å². The molecule has 0 saturated heterocycles. The molecule has 3 nitrogen and oxygen atoms in total. The third kappa shape index (κ3) is 3.26. The Hall–Kier alpha value is -0.620. The second kappa shape index (κ2) is 5.31. The van der Waals surface area contributed by atoms with Crippen LogP contribution in [0.25, 0.3) is 0 Å². The van der Waals surface area contributed by atoms with E-state index in [1.54, 1.807) is 7.11 Å². The van der Waals surface area contributed by atoms with Crippen LogP contribution in [0.3, 0.4) is 0 Å². The lowest BCUT2D eigenvalue weighted by Crippen LogP contribution is -2.01. The molecular weight excluding hydrogens is 295 g/mol. The number of carbonyl (C=O) groups is 1. The van der Waals surface area contributed by atoms with Crippen LogP contribution in [0.5, 0.6) is 0 Å². The Morgan fingerprint density at radius 2 is 2.29 bits per heavy atom. The smallest absolute Gasteiger partial charge is 0.307 e. The fourth-order valence-corrected chi connectivity index (χ4v) is 1.88. The van der Waals surface area contributed by atoms with Crippen molar-refractivity contribution in [3.63, 3.8) is 0 Å². The summed E-state index contributed by atoms with van der Waals surface area (Å²) in [5.41, 5.74) is 1.91. The van der Waals surface area contributed by atoms with Gasteiger partial charge in [-0.2, -0.15) is 0 Å². The van der Waals surface area contributed by atoms with Gasteiger partial charge in [0.2, 0.25) is 0 Å². The molecule has 0 aliphatic carbocycles. The van der Waals surface area contributed by atoms with Crippen LogP contribution in [0.4, 0.5) is 0 Å². The minimum Gasteiger partial charge on any atom is -0.481 e. The fourth-order valence-electron chi connectivity index (χ4n) is 1.15. The van der Waals surface area contributed by atoms with Crippen LogP contribution in [0.1, 0.15) is 11.1 Å². The molecule has 0 heterocycles. The molecule has 0 amide bonds.